The first-order valence-electron chi connectivity index (χ1n) is 7.16. The molecular weight excluding hydrogens is 210 g/mol. The number of hydrogen-bond donors (Lipinski definition) is 0. The number of nitrogens with zero attached hydrogens (tertiary/aromatic N) is 1. The van der Waals surface area contributed by atoms with Crippen molar-refractivity contribution in [1.29, 1.82) is 0 Å². The Labute approximate surface area is 107 Å². The average Bonchev–Trinajstić information content (AvgIpc) is 2.33. The maximum atomic E-state index is 11.2. The molecule has 0 aromatic carbocycles. The summed E-state index contributed by atoms with van der Waals surface area (Å²) in [5.74, 6) is 0. The van der Waals surface area contributed by atoms with Gasteiger partial charge in [0.15, 0.2) is 0 Å². The number of carbonyl (C=O) groups is 1. The molecule has 1 aliphatic heterocycles. The SMILES string of the molecule is CCCC(C)(C=O)CN1CCC(C)(CC)CC1. The van der Waals surface area contributed by atoms with Crippen LogP contribution in [0.25, 0.3) is 0 Å². The van der Waals surface area contributed by atoms with Crippen LogP contribution in [-0.2, 0) is 4.79 Å². The fraction of sp³-hybridized carbons (Fsp3) is 0.933. The highest BCUT2D eigenvalue weighted by Crippen LogP contribution is 2.35. The van der Waals surface area contributed by atoms with Gasteiger partial charge in [-0.25, -0.2) is 0 Å². The van der Waals surface area contributed by atoms with Crippen molar-refractivity contribution in [2.24, 2.45) is 10.8 Å². The van der Waals surface area contributed by atoms with Gasteiger partial charge in [-0.15, -0.1) is 0 Å². The zero-order valence-corrected chi connectivity index (χ0v) is 12.1. The molecule has 0 aromatic rings. The molecule has 1 atom stereocenters. The largest absolute Gasteiger partial charge is 0.303 e. The summed E-state index contributed by atoms with van der Waals surface area (Å²) in [4.78, 5) is 13.7. The first-order valence-corrected chi connectivity index (χ1v) is 7.16. The minimum absolute atomic E-state index is 0.130. The lowest BCUT2D eigenvalue weighted by Crippen LogP contribution is -2.44. The number of piperidine rings is 1. The molecule has 1 saturated heterocycles. The predicted molar refractivity (Wildman–Crippen MR) is 73.2 cm³/mol. The van der Waals surface area contributed by atoms with Crippen LogP contribution in [0.3, 0.4) is 0 Å². The lowest BCUT2D eigenvalue weighted by Gasteiger charge is -2.41. The van der Waals surface area contributed by atoms with Gasteiger partial charge in [-0.1, -0.05) is 40.5 Å². The van der Waals surface area contributed by atoms with Crippen molar-refractivity contribution >= 4 is 6.29 Å². The summed E-state index contributed by atoms with van der Waals surface area (Å²) in [6.45, 7) is 12.2. The number of likely N-dealkylation sites (tertiary alicyclic amines) is 1. The minimum Gasteiger partial charge on any atom is -0.303 e. The number of rotatable bonds is 6. The Morgan fingerprint density at radius 3 is 2.29 bits per heavy atom. The first-order chi connectivity index (χ1) is 7.97. The first kappa shape index (κ1) is 14.7. The van der Waals surface area contributed by atoms with Crippen molar-refractivity contribution < 1.29 is 4.79 Å². The maximum absolute atomic E-state index is 11.2. The number of hydrogen-bond acceptors (Lipinski definition) is 2. The smallest absolute Gasteiger partial charge is 0.127 e. The van der Waals surface area contributed by atoms with Gasteiger partial charge in [0.05, 0.1) is 0 Å². The topological polar surface area (TPSA) is 20.3 Å². The second-order valence-corrected chi connectivity index (χ2v) is 6.46. The molecule has 1 aliphatic rings. The van der Waals surface area contributed by atoms with E-state index in [4.69, 9.17) is 0 Å². The van der Waals surface area contributed by atoms with Gasteiger partial charge in [0.1, 0.15) is 6.29 Å². The Morgan fingerprint density at radius 2 is 1.88 bits per heavy atom. The summed E-state index contributed by atoms with van der Waals surface area (Å²) < 4.78 is 0. The fourth-order valence-corrected chi connectivity index (χ4v) is 2.86. The third-order valence-corrected chi connectivity index (χ3v) is 4.61. The molecule has 0 bridgehead atoms. The van der Waals surface area contributed by atoms with E-state index < -0.39 is 0 Å². The number of carbonyl (C=O) groups excluding carboxylic acids is 1. The predicted octanol–water partition coefficient (Wildman–Crippen LogP) is 3.50. The summed E-state index contributed by atoms with van der Waals surface area (Å²) in [5, 5.41) is 0. The Bertz CT molecular complexity index is 243. The molecule has 1 fully saturated rings. The Hall–Kier alpha value is -0.370. The van der Waals surface area contributed by atoms with Crippen molar-refractivity contribution in [3.05, 3.63) is 0 Å². The van der Waals surface area contributed by atoms with Gasteiger partial charge >= 0.3 is 0 Å². The highest BCUT2D eigenvalue weighted by Gasteiger charge is 2.32. The molecule has 0 amide bonds. The van der Waals surface area contributed by atoms with Crippen LogP contribution in [0.1, 0.15) is 59.8 Å². The molecule has 2 heteroatoms. The van der Waals surface area contributed by atoms with E-state index in [1.165, 1.54) is 25.5 Å². The van der Waals surface area contributed by atoms with Crippen LogP contribution in [0.2, 0.25) is 0 Å². The summed E-state index contributed by atoms with van der Waals surface area (Å²) in [7, 11) is 0. The maximum Gasteiger partial charge on any atom is 0.127 e. The standard InChI is InChI=1S/C15H29NO/c1-5-7-15(4,13-17)12-16-10-8-14(3,6-2)9-11-16/h13H,5-12H2,1-4H3. The Kier molecular flexibility index (Phi) is 5.18. The van der Waals surface area contributed by atoms with E-state index >= 15 is 0 Å². The normalized spacial score (nSPS) is 24.2. The van der Waals surface area contributed by atoms with Crippen LogP contribution >= 0.6 is 0 Å². The molecule has 2 nitrogen and oxygen atoms in total. The van der Waals surface area contributed by atoms with Gasteiger partial charge in [-0.05, 0) is 37.8 Å². The van der Waals surface area contributed by atoms with Crippen molar-refractivity contribution in [3.8, 4) is 0 Å². The zero-order chi connectivity index (χ0) is 12.9. The summed E-state index contributed by atoms with van der Waals surface area (Å²) in [5.41, 5.74) is 0.410. The zero-order valence-electron chi connectivity index (χ0n) is 12.1. The van der Waals surface area contributed by atoms with E-state index in [0.717, 1.165) is 32.5 Å². The molecule has 0 radical (unpaired) electrons. The summed E-state index contributed by atoms with van der Waals surface area (Å²) >= 11 is 0. The van der Waals surface area contributed by atoms with E-state index in [1.807, 2.05) is 0 Å². The van der Waals surface area contributed by atoms with Crippen molar-refractivity contribution in [2.75, 3.05) is 19.6 Å². The molecule has 1 heterocycles. The van der Waals surface area contributed by atoms with Crippen molar-refractivity contribution in [2.45, 2.75) is 59.8 Å². The van der Waals surface area contributed by atoms with Crippen LogP contribution in [-0.4, -0.2) is 30.8 Å². The third-order valence-electron chi connectivity index (χ3n) is 4.61. The van der Waals surface area contributed by atoms with Gasteiger partial charge in [0.2, 0.25) is 0 Å². The summed E-state index contributed by atoms with van der Waals surface area (Å²) in [6.07, 6.45) is 7.12. The molecule has 17 heavy (non-hydrogen) atoms. The minimum atomic E-state index is -0.130. The van der Waals surface area contributed by atoms with Gasteiger partial charge in [-0.2, -0.15) is 0 Å². The van der Waals surface area contributed by atoms with Crippen LogP contribution in [0.5, 0.6) is 0 Å². The molecular formula is C15H29NO. The van der Waals surface area contributed by atoms with Crippen LogP contribution in [0, 0.1) is 10.8 Å². The van der Waals surface area contributed by atoms with E-state index in [0.29, 0.717) is 5.41 Å². The van der Waals surface area contributed by atoms with Crippen molar-refractivity contribution in [3.63, 3.8) is 0 Å². The number of aldehydes is 1. The van der Waals surface area contributed by atoms with E-state index in [1.54, 1.807) is 0 Å². The van der Waals surface area contributed by atoms with Crippen molar-refractivity contribution in [1.82, 2.24) is 4.90 Å². The molecule has 0 aromatic heterocycles. The van der Waals surface area contributed by atoms with Crippen LogP contribution in [0.15, 0.2) is 0 Å². The van der Waals surface area contributed by atoms with E-state index in [9.17, 15) is 4.79 Å². The lowest BCUT2D eigenvalue weighted by atomic mass is 9.77. The van der Waals surface area contributed by atoms with E-state index in [2.05, 4.69) is 32.6 Å². The highest BCUT2D eigenvalue weighted by atomic mass is 16.1. The molecule has 100 valence electrons. The molecule has 0 N–H and O–H groups in total. The lowest BCUT2D eigenvalue weighted by molar-refractivity contribution is -0.117. The van der Waals surface area contributed by atoms with Gasteiger partial charge < -0.3 is 9.69 Å². The van der Waals surface area contributed by atoms with Crippen LogP contribution in [0.4, 0.5) is 0 Å². The van der Waals surface area contributed by atoms with Gasteiger partial charge in [0.25, 0.3) is 0 Å². The molecule has 1 rings (SSSR count). The Morgan fingerprint density at radius 1 is 1.29 bits per heavy atom. The molecule has 0 spiro atoms. The second-order valence-electron chi connectivity index (χ2n) is 6.46. The van der Waals surface area contributed by atoms with Gasteiger partial charge in [-0.3, -0.25) is 0 Å². The monoisotopic (exact) mass is 239 g/mol. The molecule has 0 saturated carbocycles. The quantitative estimate of drug-likeness (QED) is 0.661. The van der Waals surface area contributed by atoms with Crippen LogP contribution < -0.4 is 0 Å². The van der Waals surface area contributed by atoms with E-state index in [-0.39, 0.29) is 5.41 Å². The fourth-order valence-electron chi connectivity index (χ4n) is 2.86. The highest BCUT2D eigenvalue weighted by molar-refractivity contribution is 5.59. The summed E-state index contributed by atoms with van der Waals surface area (Å²) in [6, 6.07) is 0. The molecule has 1 unspecified atom stereocenters. The third kappa shape index (κ3) is 4.09. The second kappa shape index (κ2) is 5.99. The molecule has 0 aliphatic carbocycles. The van der Waals surface area contributed by atoms with Gasteiger partial charge in [0, 0.05) is 12.0 Å². The Balaban J connectivity index is 2.47. The average molecular weight is 239 g/mol.